The number of amides is 1. The molecule has 0 spiro atoms. The molecule has 4 heteroatoms. The molecule has 0 aromatic heterocycles. The number of carboxylic acids is 1. The number of carboxylic acid groups (broad SMARTS) is 1. The van der Waals surface area contributed by atoms with Gasteiger partial charge in [-0.1, -0.05) is 25.0 Å². The van der Waals surface area contributed by atoms with Crippen molar-refractivity contribution in [3.8, 4) is 0 Å². The van der Waals surface area contributed by atoms with Crippen LogP contribution in [0.1, 0.15) is 45.4 Å². The summed E-state index contributed by atoms with van der Waals surface area (Å²) in [6, 6.07) is 0.331. The maximum Gasteiger partial charge on any atom is 0.307 e. The number of aliphatic carboxylic acids is 1. The number of hydrogen-bond donors (Lipinski definition) is 1. The fourth-order valence-corrected chi connectivity index (χ4v) is 3.38. The third-order valence-corrected chi connectivity index (χ3v) is 4.46. The summed E-state index contributed by atoms with van der Waals surface area (Å²) in [6.07, 6.45) is 9.38. The van der Waals surface area contributed by atoms with Gasteiger partial charge in [0.05, 0.1) is 11.8 Å². The molecular formula is C15H23NO3. The molecule has 2 atom stereocenters. The van der Waals surface area contributed by atoms with Gasteiger partial charge in [-0.2, -0.15) is 0 Å². The second-order valence-electron chi connectivity index (χ2n) is 5.56. The van der Waals surface area contributed by atoms with Crippen LogP contribution in [0.25, 0.3) is 0 Å². The molecule has 2 aliphatic rings. The third-order valence-electron chi connectivity index (χ3n) is 4.46. The molecule has 1 saturated carbocycles. The van der Waals surface area contributed by atoms with E-state index in [4.69, 9.17) is 0 Å². The van der Waals surface area contributed by atoms with Crippen LogP contribution in [0.15, 0.2) is 12.2 Å². The highest BCUT2D eigenvalue weighted by Crippen LogP contribution is 2.31. The van der Waals surface area contributed by atoms with Crippen molar-refractivity contribution in [2.75, 3.05) is 6.54 Å². The van der Waals surface area contributed by atoms with Gasteiger partial charge in [-0.15, -0.1) is 0 Å². The number of nitrogens with zero attached hydrogens (tertiary/aromatic N) is 1. The first-order chi connectivity index (χ1) is 9.15. The van der Waals surface area contributed by atoms with Gasteiger partial charge in [0.15, 0.2) is 0 Å². The van der Waals surface area contributed by atoms with Gasteiger partial charge in [0.2, 0.25) is 5.91 Å². The van der Waals surface area contributed by atoms with E-state index < -0.39 is 11.9 Å². The molecule has 1 amide bonds. The molecule has 0 bridgehead atoms. The first-order valence-corrected chi connectivity index (χ1v) is 7.33. The highest BCUT2D eigenvalue weighted by Gasteiger charge is 2.38. The van der Waals surface area contributed by atoms with E-state index in [0.29, 0.717) is 25.4 Å². The maximum atomic E-state index is 12.7. The summed E-state index contributed by atoms with van der Waals surface area (Å²) < 4.78 is 0. The molecule has 0 radical (unpaired) electrons. The minimum Gasteiger partial charge on any atom is -0.481 e. The number of hydrogen-bond acceptors (Lipinski definition) is 2. The summed E-state index contributed by atoms with van der Waals surface area (Å²) in [7, 11) is 0. The smallest absolute Gasteiger partial charge is 0.307 e. The van der Waals surface area contributed by atoms with Crippen LogP contribution >= 0.6 is 0 Å². The Labute approximate surface area is 114 Å². The molecule has 0 saturated heterocycles. The zero-order valence-electron chi connectivity index (χ0n) is 11.5. The second kappa shape index (κ2) is 6.22. The molecule has 106 valence electrons. The van der Waals surface area contributed by atoms with Crippen molar-refractivity contribution >= 4 is 11.9 Å². The molecule has 1 N–H and O–H groups in total. The predicted molar refractivity (Wildman–Crippen MR) is 72.6 cm³/mol. The summed E-state index contributed by atoms with van der Waals surface area (Å²) in [4.78, 5) is 25.9. The Balaban J connectivity index is 2.11. The molecule has 0 heterocycles. The Hall–Kier alpha value is -1.32. The predicted octanol–water partition coefficient (Wildman–Crippen LogP) is 2.44. The SMILES string of the molecule is CCN(C(=O)[C@@H]1CC=CC[C@@H]1C(=O)O)C1CCCC1. The normalized spacial score (nSPS) is 27.4. The molecule has 0 aromatic rings. The average Bonchev–Trinajstić information content (AvgIpc) is 2.93. The van der Waals surface area contributed by atoms with Crippen LogP contribution < -0.4 is 0 Å². The van der Waals surface area contributed by atoms with Crippen LogP contribution in [0, 0.1) is 11.8 Å². The number of carbonyl (C=O) groups excluding carboxylic acids is 1. The summed E-state index contributed by atoms with van der Waals surface area (Å²) in [5.74, 6) is -1.72. The molecule has 1 fully saturated rings. The summed E-state index contributed by atoms with van der Waals surface area (Å²) in [5, 5.41) is 9.27. The lowest BCUT2D eigenvalue weighted by Crippen LogP contribution is -2.45. The molecular weight excluding hydrogens is 242 g/mol. The van der Waals surface area contributed by atoms with E-state index in [9.17, 15) is 14.7 Å². The van der Waals surface area contributed by atoms with Crippen molar-refractivity contribution in [3.63, 3.8) is 0 Å². The van der Waals surface area contributed by atoms with Crippen LogP contribution in [0.4, 0.5) is 0 Å². The van der Waals surface area contributed by atoms with Gasteiger partial charge in [-0.25, -0.2) is 0 Å². The number of allylic oxidation sites excluding steroid dienone is 2. The van der Waals surface area contributed by atoms with Crippen molar-refractivity contribution in [1.82, 2.24) is 4.90 Å². The molecule has 0 aliphatic heterocycles. The van der Waals surface area contributed by atoms with E-state index in [1.807, 2.05) is 24.0 Å². The highest BCUT2D eigenvalue weighted by atomic mass is 16.4. The van der Waals surface area contributed by atoms with Crippen LogP contribution in [-0.4, -0.2) is 34.5 Å². The van der Waals surface area contributed by atoms with Crippen molar-refractivity contribution in [2.45, 2.75) is 51.5 Å². The van der Waals surface area contributed by atoms with Gasteiger partial charge in [0.25, 0.3) is 0 Å². The van der Waals surface area contributed by atoms with Crippen molar-refractivity contribution in [1.29, 1.82) is 0 Å². The summed E-state index contributed by atoms with van der Waals surface area (Å²) in [6.45, 7) is 2.68. The topological polar surface area (TPSA) is 57.6 Å². The molecule has 2 aliphatic carbocycles. The Morgan fingerprint density at radius 1 is 1.16 bits per heavy atom. The molecule has 2 rings (SSSR count). The van der Waals surface area contributed by atoms with Crippen molar-refractivity contribution in [2.24, 2.45) is 11.8 Å². The standard InChI is InChI=1S/C15H23NO3/c1-2-16(11-7-3-4-8-11)14(17)12-9-5-6-10-13(12)15(18)19/h5-6,11-13H,2-4,7-10H2,1H3,(H,18,19)/t12-,13+/m1/s1. The molecule has 19 heavy (non-hydrogen) atoms. The molecule has 0 unspecified atom stereocenters. The lowest BCUT2D eigenvalue weighted by Gasteiger charge is -2.34. The highest BCUT2D eigenvalue weighted by molar-refractivity contribution is 5.85. The van der Waals surface area contributed by atoms with E-state index in [-0.39, 0.29) is 11.8 Å². The first kappa shape index (κ1) is 14.1. The van der Waals surface area contributed by atoms with Crippen LogP contribution in [0.2, 0.25) is 0 Å². The lowest BCUT2D eigenvalue weighted by molar-refractivity contribution is -0.151. The molecule has 0 aromatic carbocycles. The third kappa shape index (κ3) is 2.99. The van der Waals surface area contributed by atoms with Crippen LogP contribution in [0.3, 0.4) is 0 Å². The van der Waals surface area contributed by atoms with E-state index >= 15 is 0 Å². The fourth-order valence-electron chi connectivity index (χ4n) is 3.38. The Morgan fingerprint density at radius 3 is 2.26 bits per heavy atom. The van der Waals surface area contributed by atoms with Gasteiger partial charge in [0, 0.05) is 12.6 Å². The van der Waals surface area contributed by atoms with E-state index in [1.54, 1.807) is 0 Å². The Kier molecular flexibility index (Phi) is 4.61. The van der Waals surface area contributed by atoms with Gasteiger partial charge >= 0.3 is 5.97 Å². The second-order valence-corrected chi connectivity index (χ2v) is 5.56. The molecule has 4 nitrogen and oxygen atoms in total. The minimum atomic E-state index is -0.842. The Morgan fingerprint density at radius 2 is 1.74 bits per heavy atom. The fraction of sp³-hybridized carbons (Fsp3) is 0.733. The average molecular weight is 265 g/mol. The van der Waals surface area contributed by atoms with Gasteiger partial charge < -0.3 is 10.0 Å². The maximum absolute atomic E-state index is 12.7. The van der Waals surface area contributed by atoms with Gasteiger partial charge in [0.1, 0.15) is 0 Å². The Bertz CT molecular complexity index is 372. The first-order valence-electron chi connectivity index (χ1n) is 7.33. The van der Waals surface area contributed by atoms with E-state index in [0.717, 1.165) is 12.8 Å². The summed E-state index contributed by atoms with van der Waals surface area (Å²) in [5.41, 5.74) is 0. The number of carbonyl (C=O) groups is 2. The quantitative estimate of drug-likeness (QED) is 0.794. The van der Waals surface area contributed by atoms with Gasteiger partial charge in [-0.05, 0) is 32.6 Å². The van der Waals surface area contributed by atoms with E-state index in [2.05, 4.69) is 0 Å². The van der Waals surface area contributed by atoms with E-state index in [1.165, 1.54) is 12.8 Å². The zero-order valence-corrected chi connectivity index (χ0v) is 11.5. The zero-order chi connectivity index (χ0) is 13.8. The summed E-state index contributed by atoms with van der Waals surface area (Å²) >= 11 is 0. The van der Waals surface area contributed by atoms with Crippen molar-refractivity contribution in [3.05, 3.63) is 12.2 Å². The van der Waals surface area contributed by atoms with Crippen molar-refractivity contribution < 1.29 is 14.7 Å². The van der Waals surface area contributed by atoms with Crippen LogP contribution in [0.5, 0.6) is 0 Å². The monoisotopic (exact) mass is 265 g/mol. The van der Waals surface area contributed by atoms with Crippen LogP contribution in [-0.2, 0) is 9.59 Å². The number of rotatable bonds is 4. The largest absolute Gasteiger partial charge is 0.481 e. The lowest BCUT2D eigenvalue weighted by atomic mass is 9.82. The van der Waals surface area contributed by atoms with Gasteiger partial charge in [-0.3, -0.25) is 9.59 Å². The minimum absolute atomic E-state index is 0.0474.